The number of rotatable bonds is 5. The van der Waals surface area contributed by atoms with E-state index in [0.29, 0.717) is 11.4 Å². The maximum absolute atomic E-state index is 12.1. The molecule has 0 aliphatic heterocycles. The molecule has 0 radical (unpaired) electrons. The molecule has 2 amide bonds. The van der Waals surface area contributed by atoms with Crippen LogP contribution in [0.25, 0.3) is 0 Å². The van der Waals surface area contributed by atoms with Crippen molar-refractivity contribution >= 4 is 23.4 Å². The number of anilines is 2. The minimum Gasteiger partial charge on any atom is -0.491 e. The summed E-state index contributed by atoms with van der Waals surface area (Å²) in [6.45, 7) is 3.89. The molecule has 6 heteroatoms. The number of carbonyl (C=O) groups is 2. The lowest BCUT2D eigenvalue weighted by Crippen LogP contribution is -2.21. The number of esters is 1. The SMILES string of the molecule is COC(=O)c1ccccc1NC(=O)Nc1ccc(OC(C)C)cc1. The summed E-state index contributed by atoms with van der Waals surface area (Å²) >= 11 is 0. The minimum absolute atomic E-state index is 0.0851. The van der Waals surface area contributed by atoms with E-state index in [4.69, 9.17) is 9.47 Å². The standard InChI is InChI=1S/C18H20N2O4/c1-12(2)24-14-10-8-13(9-11-14)19-18(22)20-16-7-5-4-6-15(16)17(21)23-3/h4-12H,1-3H3,(H2,19,20,22). The normalized spacial score (nSPS) is 10.2. The van der Waals surface area contributed by atoms with Gasteiger partial charge in [-0.25, -0.2) is 9.59 Å². The molecule has 0 atom stereocenters. The van der Waals surface area contributed by atoms with Gasteiger partial charge in [0.1, 0.15) is 5.75 Å². The van der Waals surface area contributed by atoms with Crippen LogP contribution >= 0.6 is 0 Å². The maximum Gasteiger partial charge on any atom is 0.339 e. The molecule has 2 aromatic rings. The van der Waals surface area contributed by atoms with Crippen LogP contribution in [0.2, 0.25) is 0 Å². The van der Waals surface area contributed by atoms with Crippen LogP contribution in [-0.2, 0) is 4.74 Å². The number of carbonyl (C=O) groups excluding carboxylic acids is 2. The van der Waals surface area contributed by atoms with Crippen molar-refractivity contribution in [2.24, 2.45) is 0 Å². The second-order valence-electron chi connectivity index (χ2n) is 5.31. The molecule has 0 aromatic heterocycles. The van der Waals surface area contributed by atoms with E-state index in [1.807, 2.05) is 13.8 Å². The Hall–Kier alpha value is -3.02. The van der Waals surface area contributed by atoms with Gasteiger partial charge in [-0.15, -0.1) is 0 Å². The van der Waals surface area contributed by atoms with Crippen LogP contribution < -0.4 is 15.4 Å². The van der Waals surface area contributed by atoms with Crippen molar-refractivity contribution in [1.29, 1.82) is 0 Å². The van der Waals surface area contributed by atoms with Crippen molar-refractivity contribution in [3.05, 3.63) is 54.1 Å². The van der Waals surface area contributed by atoms with E-state index in [-0.39, 0.29) is 11.7 Å². The van der Waals surface area contributed by atoms with Gasteiger partial charge < -0.3 is 20.1 Å². The van der Waals surface area contributed by atoms with Gasteiger partial charge in [-0.2, -0.15) is 0 Å². The van der Waals surface area contributed by atoms with Gasteiger partial charge in [-0.3, -0.25) is 0 Å². The molecule has 0 aliphatic carbocycles. The van der Waals surface area contributed by atoms with Gasteiger partial charge >= 0.3 is 12.0 Å². The van der Waals surface area contributed by atoms with Crippen molar-refractivity contribution < 1.29 is 19.1 Å². The first-order valence-electron chi connectivity index (χ1n) is 7.51. The number of urea groups is 1. The van der Waals surface area contributed by atoms with Crippen LogP contribution in [0.5, 0.6) is 5.75 Å². The fraction of sp³-hybridized carbons (Fsp3) is 0.222. The second kappa shape index (κ2) is 8.01. The second-order valence-corrected chi connectivity index (χ2v) is 5.31. The highest BCUT2D eigenvalue weighted by Gasteiger charge is 2.13. The van der Waals surface area contributed by atoms with Gasteiger partial charge in [0.05, 0.1) is 24.5 Å². The lowest BCUT2D eigenvalue weighted by Gasteiger charge is -2.12. The van der Waals surface area contributed by atoms with Crippen LogP contribution in [0.1, 0.15) is 24.2 Å². The third-order valence-electron chi connectivity index (χ3n) is 3.06. The number of nitrogens with one attached hydrogen (secondary N) is 2. The highest BCUT2D eigenvalue weighted by Crippen LogP contribution is 2.19. The maximum atomic E-state index is 12.1. The Morgan fingerprint density at radius 3 is 2.25 bits per heavy atom. The molecule has 0 spiro atoms. The topological polar surface area (TPSA) is 76.7 Å². The summed E-state index contributed by atoms with van der Waals surface area (Å²) in [7, 11) is 1.29. The van der Waals surface area contributed by atoms with Crippen LogP contribution in [0.15, 0.2) is 48.5 Å². The van der Waals surface area contributed by atoms with Gasteiger partial charge in [0.15, 0.2) is 0 Å². The Labute approximate surface area is 140 Å². The zero-order chi connectivity index (χ0) is 17.5. The third-order valence-corrected chi connectivity index (χ3v) is 3.06. The van der Waals surface area contributed by atoms with Gasteiger partial charge in [0.2, 0.25) is 0 Å². The molecule has 0 saturated carbocycles. The number of para-hydroxylation sites is 1. The van der Waals surface area contributed by atoms with Gasteiger partial charge in [-0.05, 0) is 50.2 Å². The van der Waals surface area contributed by atoms with Gasteiger partial charge in [-0.1, -0.05) is 12.1 Å². The Balaban J connectivity index is 2.02. The molecule has 0 heterocycles. The molecule has 24 heavy (non-hydrogen) atoms. The molecule has 0 bridgehead atoms. The Bertz CT molecular complexity index is 711. The van der Waals surface area contributed by atoms with E-state index >= 15 is 0 Å². The largest absolute Gasteiger partial charge is 0.491 e. The van der Waals surface area contributed by atoms with E-state index < -0.39 is 12.0 Å². The molecule has 2 aromatic carbocycles. The molecule has 0 aliphatic rings. The van der Waals surface area contributed by atoms with Gasteiger partial charge in [0.25, 0.3) is 0 Å². The van der Waals surface area contributed by atoms with Crippen LogP contribution in [0, 0.1) is 0 Å². The molecular weight excluding hydrogens is 308 g/mol. The van der Waals surface area contributed by atoms with E-state index in [9.17, 15) is 9.59 Å². The van der Waals surface area contributed by atoms with Crippen molar-refractivity contribution in [3.63, 3.8) is 0 Å². The zero-order valence-electron chi connectivity index (χ0n) is 13.8. The van der Waals surface area contributed by atoms with Crippen molar-refractivity contribution in [2.45, 2.75) is 20.0 Å². The predicted molar refractivity (Wildman–Crippen MR) is 92.6 cm³/mol. The highest BCUT2D eigenvalue weighted by atomic mass is 16.5. The Morgan fingerprint density at radius 1 is 0.958 bits per heavy atom. The number of methoxy groups -OCH3 is 1. The lowest BCUT2D eigenvalue weighted by molar-refractivity contribution is 0.0602. The third kappa shape index (κ3) is 4.74. The molecule has 2 rings (SSSR count). The smallest absolute Gasteiger partial charge is 0.339 e. The summed E-state index contributed by atoms with van der Waals surface area (Å²) in [6, 6.07) is 13.2. The number of ether oxygens (including phenoxy) is 2. The summed E-state index contributed by atoms with van der Waals surface area (Å²) in [6.07, 6.45) is 0.0851. The molecular formula is C18H20N2O4. The fourth-order valence-electron chi connectivity index (χ4n) is 2.05. The average molecular weight is 328 g/mol. The number of hydrogen-bond acceptors (Lipinski definition) is 4. The van der Waals surface area contributed by atoms with Crippen LogP contribution in [-0.4, -0.2) is 25.2 Å². The molecule has 126 valence electrons. The first-order chi connectivity index (χ1) is 11.5. The fourth-order valence-corrected chi connectivity index (χ4v) is 2.05. The minimum atomic E-state index is -0.513. The summed E-state index contributed by atoms with van der Waals surface area (Å²) in [5.41, 5.74) is 1.27. The van der Waals surface area contributed by atoms with E-state index in [2.05, 4.69) is 10.6 Å². The monoisotopic (exact) mass is 328 g/mol. The van der Waals surface area contributed by atoms with E-state index in [1.54, 1.807) is 48.5 Å². The lowest BCUT2D eigenvalue weighted by atomic mass is 10.2. The van der Waals surface area contributed by atoms with Gasteiger partial charge in [0, 0.05) is 5.69 Å². The first-order valence-corrected chi connectivity index (χ1v) is 7.51. The Morgan fingerprint density at radius 2 is 1.62 bits per heavy atom. The molecule has 6 nitrogen and oxygen atoms in total. The summed E-state index contributed by atoms with van der Waals surface area (Å²) in [5.74, 6) is 0.216. The van der Waals surface area contributed by atoms with Crippen LogP contribution in [0.3, 0.4) is 0 Å². The number of hydrogen-bond donors (Lipinski definition) is 2. The Kier molecular flexibility index (Phi) is 5.78. The average Bonchev–Trinajstić information content (AvgIpc) is 2.56. The summed E-state index contributed by atoms with van der Waals surface area (Å²) in [5, 5.41) is 5.34. The van der Waals surface area contributed by atoms with E-state index in [0.717, 1.165) is 5.75 Å². The van der Waals surface area contributed by atoms with Crippen molar-refractivity contribution in [3.8, 4) is 5.75 Å². The highest BCUT2D eigenvalue weighted by molar-refractivity contribution is 6.05. The quantitative estimate of drug-likeness (QED) is 0.816. The summed E-state index contributed by atoms with van der Waals surface area (Å²) < 4.78 is 10.2. The van der Waals surface area contributed by atoms with Crippen molar-refractivity contribution in [2.75, 3.05) is 17.7 Å². The number of benzene rings is 2. The summed E-state index contributed by atoms with van der Waals surface area (Å²) in [4.78, 5) is 23.8. The molecule has 0 fully saturated rings. The van der Waals surface area contributed by atoms with Crippen molar-refractivity contribution in [1.82, 2.24) is 0 Å². The zero-order valence-corrected chi connectivity index (χ0v) is 13.8. The van der Waals surface area contributed by atoms with Crippen LogP contribution in [0.4, 0.5) is 16.2 Å². The number of amides is 2. The molecule has 0 saturated heterocycles. The predicted octanol–water partition coefficient (Wildman–Crippen LogP) is 3.90. The molecule has 0 unspecified atom stereocenters. The van der Waals surface area contributed by atoms with E-state index in [1.165, 1.54) is 7.11 Å². The first kappa shape index (κ1) is 17.3. The molecule has 2 N–H and O–H groups in total.